The highest BCUT2D eigenvalue weighted by Gasteiger charge is 2.15. The highest BCUT2D eigenvalue weighted by atomic mass is 79.9. The van der Waals surface area contributed by atoms with E-state index >= 15 is 0 Å². The van der Waals surface area contributed by atoms with Gasteiger partial charge in [0.15, 0.2) is 0 Å². The van der Waals surface area contributed by atoms with Gasteiger partial charge in [0.25, 0.3) is 0 Å². The van der Waals surface area contributed by atoms with Crippen LogP contribution >= 0.6 is 15.9 Å². The summed E-state index contributed by atoms with van der Waals surface area (Å²) in [6.07, 6.45) is 5.73. The van der Waals surface area contributed by atoms with Gasteiger partial charge in [-0.05, 0) is 36.1 Å². The molecule has 3 heteroatoms. The fourth-order valence-electron chi connectivity index (χ4n) is 1.95. The maximum atomic E-state index is 3.55. The summed E-state index contributed by atoms with van der Waals surface area (Å²) >= 11 is 4.93. The minimum atomic E-state index is 1.09. The summed E-state index contributed by atoms with van der Waals surface area (Å²) in [4.78, 5) is 0. The average molecular weight is 299 g/mol. The van der Waals surface area contributed by atoms with Gasteiger partial charge in [0, 0.05) is 11.0 Å². The van der Waals surface area contributed by atoms with E-state index < -0.39 is 0 Å². The fourth-order valence-corrected chi connectivity index (χ4v) is 2.74. The van der Waals surface area contributed by atoms with Crippen molar-refractivity contribution in [2.75, 3.05) is 19.3 Å². The minimum absolute atomic E-state index is 1.09. The molecule has 0 fully saturated rings. The second-order valence-corrected chi connectivity index (χ2v) is 5.88. The van der Waals surface area contributed by atoms with Crippen molar-refractivity contribution in [2.24, 2.45) is 0 Å². The van der Waals surface area contributed by atoms with Gasteiger partial charge in [0.2, 0.25) is 0 Å². The van der Waals surface area contributed by atoms with Crippen LogP contribution in [0.3, 0.4) is 0 Å². The molecule has 0 unspecified atom stereocenters. The Bertz CT molecular complexity index is 414. The Labute approximate surface area is 110 Å². The third kappa shape index (κ3) is 2.70. The summed E-state index contributed by atoms with van der Waals surface area (Å²) in [6.45, 7) is 4.41. The van der Waals surface area contributed by atoms with Crippen molar-refractivity contribution < 1.29 is 0 Å². The summed E-state index contributed by atoms with van der Waals surface area (Å²) in [7, 11) is 0. The van der Waals surface area contributed by atoms with Crippen LogP contribution < -0.4 is 0 Å². The van der Waals surface area contributed by atoms with Crippen molar-refractivity contribution >= 4 is 33.5 Å². The lowest BCUT2D eigenvalue weighted by molar-refractivity contribution is 0.515. The highest BCUT2D eigenvalue weighted by Crippen LogP contribution is 2.26. The van der Waals surface area contributed by atoms with E-state index in [0.29, 0.717) is 0 Å². The number of thiol groups is 1. The van der Waals surface area contributed by atoms with E-state index in [0.717, 1.165) is 6.54 Å². The number of hydrogen-bond donors (Lipinski definition) is 0. The molecule has 0 saturated heterocycles. The number of benzene rings is 1. The summed E-state index contributed by atoms with van der Waals surface area (Å²) < 4.78 is 3.64. The van der Waals surface area contributed by atoms with Crippen LogP contribution in [0.2, 0.25) is 0 Å². The number of aryl methyl sites for hydroxylation is 1. The van der Waals surface area contributed by atoms with Crippen LogP contribution in [0, 0.1) is 6.92 Å². The predicted molar refractivity (Wildman–Crippen MR) is 77.7 cm³/mol. The van der Waals surface area contributed by atoms with Crippen LogP contribution in [0.1, 0.15) is 17.5 Å². The third-order valence-electron chi connectivity index (χ3n) is 3.00. The van der Waals surface area contributed by atoms with Crippen molar-refractivity contribution in [3.05, 3.63) is 39.9 Å². The first-order valence-corrected chi connectivity index (χ1v) is 7.59. The van der Waals surface area contributed by atoms with E-state index in [1.54, 1.807) is 0 Å². The standard InChI is InChI=1S/C13H16BrNS/c1-10-9-12(3-4-13(10)14)11-5-7-15(16-2)8-6-11/h3-5,9H,6-8H2,1-2H3/p+1. The van der Waals surface area contributed by atoms with Gasteiger partial charge < -0.3 is 0 Å². The van der Waals surface area contributed by atoms with Crippen molar-refractivity contribution in [3.63, 3.8) is 0 Å². The summed E-state index contributed by atoms with van der Waals surface area (Å²) in [6, 6.07) is 6.63. The smallest absolute Gasteiger partial charge is 0.115 e. The third-order valence-corrected chi connectivity index (χ3v) is 4.82. The van der Waals surface area contributed by atoms with Crippen LogP contribution in [0.4, 0.5) is 0 Å². The van der Waals surface area contributed by atoms with Gasteiger partial charge in [-0.3, -0.25) is 0 Å². The molecular weight excluding hydrogens is 282 g/mol. The highest BCUT2D eigenvalue weighted by molar-refractivity contribution is 9.10. The zero-order valence-corrected chi connectivity index (χ0v) is 12.2. The molecule has 16 heavy (non-hydrogen) atoms. The topological polar surface area (TPSA) is 3.24 Å². The fraction of sp³-hybridized carbons (Fsp3) is 0.385. The number of halogens is 1. The number of hydrogen-bond acceptors (Lipinski definition) is 1. The molecule has 0 aromatic heterocycles. The molecular formula is C13H17BrNS+. The predicted octanol–water partition coefficient (Wildman–Crippen LogP) is 3.21. The zero-order valence-electron chi connectivity index (χ0n) is 9.70. The van der Waals surface area contributed by atoms with Crippen LogP contribution in [-0.2, 0) is 11.9 Å². The van der Waals surface area contributed by atoms with E-state index in [1.165, 1.54) is 46.1 Å². The molecule has 1 aliphatic heterocycles. The normalized spacial score (nSPS) is 17.3. The van der Waals surface area contributed by atoms with E-state index in [2.05, 4.69) is 57.7 Å². The molecule has 86 valence electrons. The first-order valence-electron chi connectivity index (χ1n) is 5.51. The molecule has 0 spiro atoms. The lowest BCUT2D eigenvalue weighted by Crippen LogP contribution is -2.26. The molecule has 2 rings (SSSR count). The maximum Gasteiger partial charge on any atom is 0.115 e. The molecule has 0 saturated carbocycles. The molecule has 1 heterocycles. The van der Waals surface area contributed by atoms with Gasteiger partial charge >= 0.3 is 0 Å². The molecule has 1 aromatic carbocycles. The largest absolute Gasteiger partial charge is 0.124 e. The Morgan fingerprint density at radius 2 is 2.19 bits per heavy atom. The number of rotatable bonds is 2. The second kappa shape index (κ2) is 5.39. The van der Waals surface area contributed by atoms with Gasteiger partial charge in [-0.25, -0.2) is 0 Å². The van der Waals surface area contributed by atoms with Crippen LogP contribution in [0.5, 0.6) is 0 Å². The summed E-state index contributed by atoms with van der Waals surface area (Å²) in [5.41, 5.74) is 4.19. The molecule has 1 aliphatic rings. The number of nitrogens with zero attached hydrogens (tertiary/aromatic N) is 1. The molecule has 1 aromatic rings. The Morgan fingerprint density at radius 1 is 1.38 bits per heavy atom. The molecule has 0 amide bonds. The molecule has 1 nitrogen and oxygen atoms in total. The minimum Gasteiger partial charge on any atom is -0.124 e. The SMILES string of the molecule is C[SH+]N1CC=C(c2ccc(Br)c(C)c2)CC1. The molecule has 0 bridgehead atoms. The van der Waals surface area contributed by atoms with Crippen molar-refractivity contribution in [1.82, 2.24) is 4.31 Å². The lowest BCUT2D eigenvalue weighted by Gasteiger charge is -2.19. The second-order valence-electron chi connectivity index (χ2n) is 4.06. The zero-order chi connectivity index (χ0) is 11.5. The first kappa shape index (κ1) is 12.2. The van der Waals surface area contributed by atoms with E-state index in [-0.39, 0.29) is 0 Å². The molecule has 0 atom stereocenters. The molecule has 0 aliphatic carbocycles. The van der Waals surface area contributed by atoms with Gasteiger partial charge in [0.05, 0.1) is 18.5 Å². The molecule has 0 radical (unpaired) electrons. The van der Waals surface area contributed by atoms with Crippen LogP contribution in [-0.4, -0.2) is 23.7 Å². The van der Waals surface area contributed by atoms with E-state index in [4.69, 9.17) is 0 Å². The Hall–Kier alpha value is -0.250. The van der Waals surface area contributed by atoms with E-state index in [1.807, 2.05) is 0 Å². The van der Waals surface area contributed by atoms with Crippen LogP contribution in [0.15, 0.2) is 28.7 Å². The van der Waals surface area contributed by atoms with Crippen molar-refractivity contribution in [3.8, 4) is 0 Å². The lowest BCUT2D eigenvalue weighted by atomic mass is 9.99. The Balaban J connectivity index is 2.19. The van der Waals surface area contributed by atoms with Crippen molar-refractivity contribution in [2.45, 2.75) is 13.3 Å². The van der Waals surface area contributed by atoms with Crippen LogP contribution in [0.25, 0.3) is 5.57 Å². The Kier molecular flexibility index (Phi) is 4.11. The van der Waals surface area contributed by atoms with Gasteiger partial charge in [-0.2, -0.15) is 0 Å². The van der Waals surface area contributed by atoms with Gasteiger partial charge in [-0.1, -0.05) is 34.1 Å². The Morgan fingerprint density at radius 3 is 2.75 bits per heavy atom. The summed E-state index contributed by atoms with van der Waals surface area (Å²) in [5.74, 6) is 0. The monoisotopic (exact) mass is 298 g/mol. The summed E-state index contributed by atoms with van der Waals surface area (Å²) in [5, 5.41) is 0. The van der Waals surface area contributed by atoms with Crippen molar-refractivity contribution in [1.29, 1.82) is 0 Å². The maximum absolute atomic E-state index is 3.55. The van der Waals surface area contributed by atoms with Gasteiger partial charge in [-0.15, -0.1) is 4.31 Å². The van der Waals surface area contributed by atoms with E-state index in [9.17, 15) is 0 Å². The van der Waals surface area contributed by atoms with Gasteiger partial charge in [0.1, 0.15) is 6.26 Å². The molecule has 0 N–H and O–H groups in total. The first-order chi connectivity index (χ1) is 7.70. The average Bonchev–Trinajstić information content (AvgIpc) is 2.33. The quantitative estimate of drug-likeness (QED) is 0.599.